The maximum Gasteiger partial charge on any atom is 0.340 e. The van der Waals surface area contributed by atoms with Gasteiger partial charge in [0.2, 0.25) is 5.13 Å². The number of nitrogens with one attached hydrogen (secondary N) is 1. The third-order valence-electron chi connectivity index (χ3n) is 6.22. The van der Waals surface area contributed by atoms with E-state index in [-0.39, 0.29) is 27.9 Å². The smallest absolute Gasteiger partial charge is 0.340 e. The van der Waals surface area contributed by atoms with Gasteiger partial charge in [-0.3, -0.25) is 14.9 Å². The number of aromatic nitrogens is 3. The fourth-order valence-corrected chi connectivity index (χ4v) is 5.14. The summed E-state index contributed by atoms with van der Waals surface area (Å²) in [6.45, 7) is 1.66. The highest BCUT2D eigenvalue weighted by atomic mass is 32.1. The van der Waals surface area contributed by atoms with Gasteiger partial charge in [0, 0.05) is 5.56 Å². The third-order valence-corrected chi connectivity index (χ3v) is 7.24. The molecule has 11 heteroatoms. The van der Waals surface area contributed by atoms with Gasteiger partial charge in [0.1, 0.15) is 5.75 Å². The first-order valence-corrected chi connectivity index (χ1v) is 12.9. The van der Waals surface area contributed by atoms with Gasteiger partial charge in [-0.05, 0) is 61.5 Å². The number of aromatic amines is 1. The third kappa shape index (κ3) is 4.90. The molecule has 0 bridgehead atoms. The summed E-state index contributed by atoms with van der Waals surface area (Å²) < 4.78 is 17.3. The van der Waals surface area contributed by atoms with Gasteiger partial charge in [-0.15, -0.1) is 0 Å². The molecule has 10 nitrogen and oxygen atoms in total. The summed E-state index contributed by atoms with van der Waals surface area (Å²) >= 11 is 1.37. The van der Waals surface area contributed by atoms with Gasteiger partial charge in [-0.1, -0.05) is 23.5 Å². The van der Waals surface area contributed by atoms with Crippen LogP contribution < -0.4 is 10.3 Å². The summed E-state index contributed by atoms with van der Waals surface area (Å²) in [5, 5.41) is 3.66. The Morgan fingerprint density at radius 1 is 0.950 bits per heavy atom. The van der Waals surface area contributed by atoms with Gasteiger partial charge >= 0.3 is 11.9 Å². The van der Waals surface area contributed by atoms with Crippen molar-refractivity contribution in [2.75, 3.05) is 21.3 Å². The second-order valence-electron chi connectivity index (χ2n) is 8.61. The Hall–Kier alpha value is -5.03. The molecule has 1 N–H and O–H groups in total. The number of nitrogens with zero attached hydrogens (tertiary/aromatic N) is 3. The molecule has 2 heterocycles. The number of benzene rings is 3. The molecule has 0 atom stereocenters. The number of esters is 2. The number of hydrogen-bond donors (Lipinski definition) is 1. The lowest BCUT2D eigenvalue weighted by Gasteiger charge is -2.08. The fraction of sp³-hybridized carbons (Fsp3) is 0.138. The number of carbonyl (C=O) groups is 2. The van der Waals surface area contributed by atoms with Crippen LogP contribution in [0.5, 0.6) is 5.75 Å². The Kier molecular flexibility index (Phi) is 7.30. The van der Waals surface area contributed by atoms with E-state index in [0.29, 0.717) is 27.9 Å². The molecule has 0 fully saturated rings. The summed E-state index contributed by atoms with van der Waals surface area (Å²) in [5.41, 5.74) is 2.64. The van der Waals surface area contributed by atoms with Crippen molar-refractivity contribution in [3.63, 3.8) is 0 Å². The van der Waals surface area contributed by atoms with Crippen LogP contribution in [0.1, 0.15) is 33.2 Å². The van der Waals surface area contributed by atoms with Crippen molar-refractivity contribution in [2.24, 2.45) is 4.99 Å². The minimum atomic E-state index is -0.640. The van der Waals surface area contributed by atoms with E-state index in [4.69, 9.17) is 14.2 Å². The standard InChI is InChI=1S/C29H24N4O6S/c1-16(30-22-15-18(27(35)38-3)11-14-20(22)28(36)39-4)24-25(17-9-12-19(37-2)13-10-17)32-33(26(24)34)29-31-21-7-5-6-8-23(21)40-29/h5-15,32H,1-4H3. The molecule has 3 aromatic carbocycles. The molecule has 0 amide bonds. The van der Waals surface area contributed by atoms with E-state index in [2.05, 4.69) is 15.1 Å². The number of H-pyrrole nitrogens is 1. The van der Waals surface area contributed by atoms with Crippen molar-refractivity contribution in [1.82, 2.24) is 14.8 Å². The van der Waals surface area contributed by atoms with Crippen LogP contribution in [0, 0.1) is 0 Å². The highest BCUT2D eigenvalue weighted by molar-refractivity contribution is 7.20. The molecule has 0 aliphatic rings. The van der Waals surface area contributed by atoms with E-state index >= 15 is 0 Å². The van der Waals surface area contributed by atoms with E-state index < -0.39 is 11.9 Å². The van der Waals surface area contributed by atoms with Crippen molar-refractivity contribution in [3.8, 4) is 22.1 Å². The van der Waals surface area contributed by atoms with Crippen molar-refractivity contribution in [3.05, 3.63) is 93.8 Å². The van der Waals surface area contributed by atoms with E-state index in [0.717, 1.165) is 10.2 Å². The Morgan fingerprint density at radius 3 is 2.35 bits per heavy atom. The zero-order chi connectivity index (χ0) is 28.4. The molecule has 40 heavy (non-hydrogen) atoms. The number of thiazole rings is 1. The lowest BCUT2D eigenvalue weighted by Crippen LogP contribution is -2.19. The van der Waals surface area contributed by atoms with Crippen molar-refractivity contribution >= 4 is 44.9 Å². The second-order valence-corrected chi connectivity index (χ2v) is 9.62. The van der Waals surface area contributed by atoms with Crippen LogP contribution in [0.25, 0.3) is 26.6 Å². The maximum atomic E-state index is 13.9. The molecule has 202 valence electrons. The molecule has 0 aliphatic heterocycles. The van der Waals surface area contributed by atoms with Crippen LogP contribution in [-0.2, 0) is 9.47 Å². The van der Waals surface area contributed by atoms with E-state index in [9.17, 15) is 14.4 Å². The zero-order valence-corrected chi connectivity index (χ0v) is 22.9. The van der Waals surface area contributed by atoms with E-state index in [1.807, 2.05) is 36.4 Å². The number of para-hydroxylation sites is 1. The van der Waals surface area contributed by atoms with Gasteiger partial charge < -0.3 is 14.2 Å². The summed E-state index contributed by atoms with van der Waals surface area (Å²) in [5.74, 6) is -0.574. The topological polar surface area (TPSA) is 125 Å². The average Bonchev–Trinajstić information content (AvgIpc) is 3.57. The molecule has 0 aliphatic carbocycles. The van der Waals surface area contributed by atoms with Crippen molar-refractivity contribution < 1.29 is 23.8 Å². The molecule has 0 radical (unpaired) electrons. The summed E-state index contributed by atoms with van der Waals surface area (Å²) in [6.07, 6.45) is 0. The molecule has 0 saturated heterocycles. The van der Waals surface area contributed by atoms with Gasteiger partial charge in [-0.2, -0.15) is 4.68 Å². The molecular formula is C29H24N4O6S. The number of methoxy groups -OCH3 is 3. The van der Waals surface area contributed by atoms with Gasteiger partial charge in [-0.25, -0.2) is 14.6 Å². The van der Waals surface area contributed by atoms with Crippen LogP contribution in [0.15, 0.2) is 76.5 Å². The minimum absolute atomic E-state index is 0.127. The van der Waals surface area contributed by atoms with Gasteiger partial charge in [0.05, 0.1) is 65.3 Å². The second kappa shape index (κ2) is 11.0. The summed E-state index contributed by atoms with van der Waals surface area (Å²) in [4.78, 5) is 47.9. The predicted molar refractivity (Wildman–Crippen MR) is 153 cm³/mol. The minimum Gasteiger partial charge on any atom is -0.497 e. The highest BCUT2D eigenvalue weighted by Crippen LogP contribution is 2.29. The quantitative estimate of drug-likeness (QED) is 0.217. The SMILES string of the molecule is COC(=O)c1ccc(C(=O)OC)c(N=C(C)c2c(-c3ccc(OC)cc3)[nH]n(-c3nc4ccccc4s3)c2=O)c1. The maximum absolute atomic E-state index is 13.9. The highest BCUT2D eigenvalue weighted by Gasteiger charge is 2.23. The molecule has 5 rings (SSSR count). The lowest BCUT2D eigenvalue weighted by atomic mass is 10.0. The number of carbonyl (C=O) groups excluding carboxylic acids is 2. The van der Waals surface area contributed by atoms with Crippen molar-refractivity contribution in [1.29, 1.82) is 0 Å². The number of rotatable bonds is 7. The normalized spacial score (nSPS) is 11.4. The molecule has 2 aromatic heterocycles. The Balaban J connectivity index is 1.72. The molecule has 0 saturated carbocycles. The van der Waals surface area contributed by atoms with Crippen LogP contribution in [0.3, 0.4) is 0 Å². The largest absolute Gasteiger partial charge is 0.497 e. The summed E-state index contributed by atoms with van der Waals surface area (Å²) in [6, 6.07) is 19.1. The fourth-order valence-electron chi connectivity index (χ4n) is 4.22. The first-order valence-electron chi connectivity index (χ1n) is 12.1. The number of hydrogen-bond acceptors (Lipinski definition) is 9. The predicted octanol–water partition coefficient (Wildman–Crippen LogP) is 5.16. The Labute approximate surface area is 232 Å². The Morgan fingerprint density at radius 2 is 1.68 bits per heavy atom. The van der Waals surface area contributed by atoms with Crippen LogP contribution in [-0.4, -0.2) is 53.7 Å². The van der Waals surface area contributed by atoms with Crippen LogP contribution >= 0.6 is 11.3 Å². The Bertz CT molecular complexity index is 1800. The van der Waals surface area contributed by atoms with Crippen LogP contribution in [0.4, 0.5) is 5.69 Å². The summed E-state index contributed by atoms with van der Waals surface area (Å²) in [7, 11) is 4.09. The number of aliphatic imine (C=N–C) groups is 1. The first kappa shape index (κ1) is 26.6. The number of fused-ring (bicyclic) bond motifs is 1. The van der Waals surface area contributed by atoms with E-state index in [1.54, 1.807) is 26.2 Å². The average molecular weight is 557 g/mol. The lowest BCUT2D eigenvalue weighted by molar-refractivity contribution is 0.0587. The monoisotopic (exact) mass is 556 g/mol. The van der Waals surface area contributed by atoms with E-state index in [1.165, 1.54) is 48.4 Å². The number of ether oxygens (including phenoxy) is 3. The molecular weight excluding hydrogens is 532 g/mol. The first-order chi connectivity index (χ1) is 19.3. The molecule has 5 aromatic rings. The molecule has 0 spiro atoms. The van der Waals surface area contributed by atoms with Crippen molar-refractivity contribution in [2.45, 2.75) is 6.92 Å². The van der Waals surface area contributed by atoms with Crippen LogP contribution in [0.2, 0.25) is 0 Å². The zero-order valence-electron chi connectivity index (χ0n) is 22.1. The van der Waals surface area contributed by atoms with Gasteiger partial charge in [0.15, 0.2) is 0 Å². The van der Waals surface area contributed by atoms with Gasteiger partial charge in [0.25, 0.3) is 5.56 Å². The molecule has 0 unspecified atom stereocenters.